The Bertz CT molecular complexity index is 906. The Hall–Kier alpha value is -3.15. The van der Waals surface area contributed by atoms with Gasteiger partial charge in [0.25, 0.3) is 5.91 Å². The zero-order valence-electron chi connectivity index (χ0n) is 18.3. The molecule has 1 N–H and O–H groups in total. The van der Waals surface area contributed by atoms with Crippen molar-refractivity contribution >= 4 is 23.5 Å². The highest BCUT2D eigenvalue weighted by Gasteiger charge is 2.23. The van der Waals surface area contributed by atoms with Crippen LogP contribution in [0.15, 0.2) is 42.5 Å². The van der Waals surface area contributed by atoms with E-state index in [2.05, 4.69) is 5.32 Å². The molecule has 0 aliphatic carbocycles. The first-order valence-corrected chi connectivity index (χ1v) is 10.1. The summed E-state index contributed by atoms with van der Waals surface area (Å²) < 4.78 is 5.18. The number of esters is 1. The molecule has 0 aliphatic rings. The third-order valence-corrected chi connectivity index (χ3v) is 5.25. The largest absolute Gasteiger partial charge is 0.452 e. The van der Waals surface area contributed by atoms with Gasteiger partial charge in [-0.1, -0.05) is 36.8 Å². The molecular weight excluding hydrogens is 380 g/mol. The number of benzene rings is 2. The van der Waals surface area contributed by atoms with Crippen LogP contribution in [-0.2, 0) is 14.3 Å². The molecule has 160 valence electrons. The van der Waals surface area contributed by atoms with E-state index in [0.29, 0.717) is 12.0 Å². The van der Waals surface area contributed by atoms with Crippen molar-refractivity contribution in [3.8, 4) is 0 Å². The van der Waals surface area contributed by atoms with Gasteiger partial charge in [-0.3, -0.25) is 9.59 Å². The molecule has 0 saturated heterocycles. The molecule has 2 rings (SSSR count). The summed E-state index contributed by atoms with van der Waals surface area (Å²) in [6, 6.07) is 12.4. The molecule has 0 aromatic heterocycles. The fourth-order valence-corrected chi connectivity index (χ4v) is 2.92. The number of aryl methyl sites for hydroxylation is 2. The molecule has 0 saturated carbocycles. The number of anilines is 1. The van der Waals surface area contributed by atoms with E-state index in [1.807, 2.05) is 65.0 Å². The monoisotopic (exact) mass is 410 g/mol. The Morgan fingerprint density at radius 1 is 1.03 bits per heavy atom. The highest BCUT2D eigenvalue weighted by molar-refractivity contribution is 5.96. The molecule has 0 radical (unpaired) electrons. The van der Waals surface area contributed by atoms with Gasteiger partial charge in [0.15, 0.2) is 6.61 Å². The number of ether oxygens (including phenoxy) is 1. The van der Waals surface area contributed by atoms with E-state index in [0.717, 1.165) is 22.4 Å². The minimum Gasteiger partial charge on any atom is -0.452 e. The van der Waals surface area contributed by atoms with E-state index in [9.17, 15) is 14.4 Å². The molecule has 0 fully saturated rings. The highest BCUT2D eigenvalue weighted by Crippen LogP contribution is 2.18. The van der Waals surface area contributed by atoms with Crippen molar-refractivity contribution in [2.75, 3.05) is 18.5 Å². The van der Waals surface area contributed by atoms with Crippen molar-refractivity contribution in [1.82, 2.24) is 4.90 Å². The Morgan fingerprint density at radius 2 is 1.70 bits per heavy atom. The van der Waals surface area contributed by atoms with Crippen LogP contribution >= 0.6 is 0 Å². The third kappa shape index (κ3) is 6.17. The zero-order chi connectivity index (χ0) is 22.3. The minimum atomic E-state index is -0.563. The van der Waals surface area contributed by atoms with Crippen LogP contribution in [0.3, 0.4) is 0 Å². The Balaban J connectivity index is 2.00. The molecule has 1 atom stereocenters. The molecule has 2 aromatic rings. The lowest BCUT2D eigenvalue weighted by molar-refractivity contribution is -0.139. The topological polar surface area (TPSA) is 75.7 Å². The molecular formula is C24H30N2O4. The number of amides is 2. The van der Waals surface area contributed by atoms with E-state index in [1.54, 1.807) is 12.1 Å². The van der Waals surface area contributed by atoms with E-state index >= 15 is 0 Å². The number of nitrogens with zero attached hydrogens (tertiary/aromatic N) is 1. The first-order valence-electron chi connectivity index (χ1n) is 10.1. The lowest BCUT2D eigenvalue weighted by atomic mass is 10.1. The fourth-order valence-electron chi connectivity index (χ4n) is 2.92. The van der Waals surface area contributed by atoms with Crippen molar-refractivity contribution < 1.29 is 19.1 Å². The second-order valence-electron chi connectivity index (χ2n) is 7.52. The average molecular weight is 411 g/mol. The van der Waals surface area contributed by atoms with Crippen molar-refractivity contribution in [2.45, 2.75) is 47.1 Å². The van der Waals surface area contributed by atoms with Crippen molar-refractivity contribution in [1.29, 1.82) is 0 Å². The zero-order valence-corrected chi connectivity index (χ0v) is 18.3. The molecule has 0 bridgehead atoms. The molecule has 30 heavy (non-hydrogen) atoms. The van der Waals surface area contributed by atoms with Crippen LogP contribution < -0.4 is 5.32 Å². The molecule has 6 nitrogen and oxygen atoms in total. The second kappa shape index (κ2) is 10.6. The molecule has 0 unspecified atom stereocenters. The van der Waals surface area contributed by atoms with Crippen LogP contribution in [0.2, 0.25) is 0 Å². The smallest absolute Gasteiger partial charge is 0.338 e. The van der Waals surface area contributed by atoms with Crippen LogP contribution in [0.5, 0.6) is 0 Å². The third-order valence-electron chi connectivity index (χ3n) is 5.25. The van der Waals surface area contributed by atoms with E-state index < -0.39 is 18.5 Å². The van der Waals surface area contributed by atoms with Gasteiger partial charge in [0.1, 0.15) is 6.54 Å². The Morgan fingerprint density at radius 3 is 2.33 bits per heavy atom. The minimum absolute atomic E-state index is 0.108. The van der Waals surface area contributed by atoms with Gasteiger partial charge in [0.05, 0.1) is 5.56 Å². The van der Waals surface area contributed by atoms with Gasteiger partial charge in [0.2, 0.25) is 5.91 Å². The molecule has 0 spiro atoms. The van der Waals surface area contributed by atoms with E-state index in [-0.39, 0.29) is 18.5 Å². The van der Waals surface area contributed by atoms with Crippen LogP contribution in [0, 0.1) is 20.8 Å². The van der Waals surface area contributed by atoms with Crippen molar-refractivity contribution in [2.24, 2.45) is 0 Å². The van der Waals surface area contributed by atoms with E-state index in [4.69, 9.17) is 4.74 Å². The van der Waals surface area contributed by atoms with Crippen LogP contribution in [-0.4, -0.2) is 41.9 Å². The summed E-state index contributed by atoms with van der Waals surface area (Å²) in [5, 5.41) is 2.87. The van der Waals surface area contributed by atoms with E-state index in [1.165, 1.54) is 4.90 Å². The van der Waals surface area contributed by atoms with Gasteiger partial charge < -0.3 is 15.0 Å². The molecule has 2 aromatic carbocycles. The van der Waals surface area contributed by atoms with Crippen molar-refractivity contribution in [3.63, 3.8) is 0 Å². The van der Waals surface area contributed by atoms with Crippen LogP contribution in [0.4, 0.5) is 5.69 Å². The van der Waals surface area contributed by atoms with Gasteiger partial charge in [0, 0.05) is 11.7 Å². The van der Waals surface area contributed by atoms with Gasteiger partial charge >= 0.3 is 5.97 Å². The summed E-state index contributed by atoms with van der Waals surface area (Å²) >= 11 is 0. The number of nitrogens with one attached hydrogen (secondary N) is 1. The summed E-state index contributed by atoms with van der Waals surface area (Å²) in [5.74, 6) is -1.25. The van der Waals surface area contributed by atoms with Gasteiger partial charge in [-0.25, -0.2) is 4.79 Å². The standard InChI is InChI=1S/C24H30N2O4/c1-6-18(4)26(14-22(27)25-21-9-7-8-17(3)19(21)5)23(28)15-30-24(29)20-12-10-16(2)11-13-20/h7-13,18H,6,14-15H2,1-5H3,(H,25,27)/t18-/m0/s1. The lowest BCUT2D eigenvalue weighted by Crippen LogP contribution is -2.45. The van der Waals surface area contributed by atoms with Crippen LogP contribution in [0.25, 0.3) is 0 Å². The quantitative estimate of drug-likeness (QED) is 0.667. The maximum Gasteiger partial charge on any atom is 0.338 e. The number of carbonyl (C=O) groups is 3. The maximum atomic E-state index is 12.7. The summed E-state index contributed by atoms with van der Waals surface area (Å²) in [6.07, 6.45) is 0.675. The lowest BCUT2D eigenvalue weighted by Gasteiger charge is -2.28. The number of carbonyl (C=O) groups excluding carboxylic acids is 3. The number of rotatable bonds is 8. The van der Waals surface area contributed by atoms with Gasteiger partial charge in [-0.05, 0) is 63.4 Å². The van der Waals surface area contributed by atoms with Gasteiger partial charge in [-0.15, -0.1) is 0 Å². The molecule has 6 heteroatoms. The normalized spacial score (nSPS) is 11.5. The summed E-state index contributed by atoms with van der Waals surface area (Å²) in [7, 11) is 0. The van der Waals surface area contributed by atoms with Gasteiger partial charge in [-0.2, -0.15) is 0 Å². The average Bonchev–Trinajstić information content (AvgIpc) is 2.73. The molecule has 0 aliphatic heterocycles. The van der Waals surface area contributed by atoms with Crippen molar-refractivity contribution in [3.05, 3.63) is 64.7 Å². The predicted molar refractivity (Wildman–Crippen MR) is 117 cm³/mol. The molecule has 2 amide bonds. The highest BCUT2D eigenvalue weighted by atomic mass is 16.5. The number of hydrogen-bond donors (Lipinski definition) is 1. The Kier molecular flexibility index (Phi) is 8.16. The second-order valence-corrected chi connectivity index (χ2v) is 7.52. The predicted octanol–water partition coefficient (Wildman–Crippen LogP) is 4.03. The summed E-state index contributed by atoms with van der Waals surface area (Å²) in [5.41, 5.74) is 4.20. The Labute approximate surface area is 178 Å². The molecule has 0 heterocycles. The summed E-state index contributed by atoms with van der Waals surface area (Å²) in [6.45, 7) is 9.12. The van der Waals surface area contributed by atoms with Crippen LogP contribution in [0.1, 0.15) is 47.3 Å². The number of hydrogen-bond acceptors (Lipinski definition) is 4. The maximum absolute atomic E-state index is 12.7. The SMILES string of the molecule is CC[C@H](C)N(CC(=O)Nc1cccc(C)c1C)C(=O)COC(=O)c1ccc(C)cc1. The first kappa shape index (κ1) is 23.1. The first-order chi connectivity index (χ1) is 14.2. The fraction of sp³-hybridized carbons (Fsp3) is 0.375. The summed E-state index contributed by atoms with van der Waals surface area (Å²) in [4.78, 5) is 38.9.